The van der Waals surface area contributed by atoms with Crippen LogP contribution in [-0.2, 0) is 0 Å². The standard InChI is InChI=1S/C11H10N2OS/c1-15-10-4-2-8(3-5-10)11-9(7-14)6-12-13-11/h2-7H,1H3,(H,12,13). The third kappa shape index (κ3) is 1.94. The second-order valence-corrected chi connectivity index (χ2v) is 3.93. The lowest BCUT2D eigenvalue weighted by Gasteiger charge is -2.00. The summed E-state index contributed by atoms with van der Waals surface area (Å²) in [7, 11) is 0. The minimum atomic E-state index is 0.590. The minimum absolute atomic E-state index is 0.590. The monoisotopic (exact) mass is 218 g/mol. The highest BCUT2D eigenvalue weighted by atomic mass is 32.2. The van der Waals surface area contributed by atoms with E-state index >= 15 is 0 Å². The molecule has 1 heterocycles. The molecule has 15 heavy (non-hydrogen) atoms. The van der Waals surface area contributed by atoms with Gasteiger partial charge in [0.2, 0.25) is 0 Å². The molecule has 2 aromatic rings. The lowest BCUT2D eigenvalue weighted by atomic mass is 10.1. The van der Waals surface area contributed by atoms with Crippen LogP contribution in [0, 0.1) is 0 Å². The summed E-state index contributed by atoms with van der Waals surface area (Å²) in [5, 5.41) is 6.67. The molecule has 0 aliphatic rings. The molecular formula is C11H10N2OS. The van der Waals surface area contributed by atoms with E-state index in [0.29, 0.717) is 5.56 Å². The summed E-state index contributed by atoms with van der Waals surface area (Å²) >= 11 is 1.69. The number of nitrogens with one attached hydrogen (secondary N) is 1. The van der Waals surface area contributed by atoms with Gasteiger partial charge in [0.25, 0.3) is 0 Å². The number of carbonyl (C=O) groups is 1. The van der Waals surface area contributed by atoms with Crippen molar-refractivity contribution in [2.45, 2.75) is 4.90 Å². The number of carbonyl (C=O) groups excluding carboxylic acids is 1. The van der Waals surface area contributed by atoms with Crippen LogP contribution in [0.3, 0.4) is 0 Å². The first kappa shape index (κ1) is 9.98. The molecule has 0 aliphatic heterocycles. The highest BCUT2D eigenvalue weighted by molar-refractivity contribution is 7.98. The molecule has 0 spiro atoms. The molecule has 0 saturated heterocycles. The molecule has 4 heteroatoms. The maximum absolute atomic E-state index is 10.7. The van der Waals surface area contributed by atoms with Crippen LogP contribution in [0.1, 0.15) is 10.4 Å². The van der Waals surface area contributed by atoms with Gasteiger partial charge in [-0.1, -0.05) is 12.1 Å². The van der Waals surface area contributed by atoms with Gasteiger partial charge in [0.1, 0.15) is 0 Å². The van der Waals surface area contributed by atoms with Gasteiger partial charge in [-0.2, -0.15) is 5.10 Å². The largest absolute Gasteiger partial charge is 0.298 e. The number of H-pyrrole nitrogens is 1. The average molecular weight is 218 g/mol. The summed E-state index contributed by atoms with van der Waals surface area (Å²) in [5.74, 6) is 0. The third-order valence-electron chi connectivity index (χ3n) is 2.17. The molecule has 0 radical (unpaired) electrons. The molecule has 0 saturated carbocycles. The van der Waals surface area contributed by atoms with Crippen LogP contribution in [0.5, 0.6) is 0 Å². The first-order chi connectivity index (χ1) is 7.35. The van der Waals surface area contributed by atoms with Gasteiger partial charge in [-0.3, -0.25) is 9.89 Å². The number of hydrogen-bond donors (Lipinski definition) is 1. The zero-order valence-electron chi connectivity index (χ0n) is 8.23. The number of rotatable bonds is 3. The Morgan fingerprint density at radius 1 is 1.33 bits per heavy atom. The first-order valence-corrected chi connectivity index (χ1v) is 5.70. The predicted molar refractivity (Wildman–Crippen MR) is 61.2 cm³/mol. The van der Waals surface area contributed by atoms with E-state index in [4.69, 9.17) is 0 Å². The third-order valence-corrected chi connectivity index (χ3v) is 2.92. The highest BCUT2D eigenvalue weighted by Crippen LogP contribution is 2.23. The molecule has 76 valence electrons. The van der Waals surface area contributed by atoms with Gasteiger partial charge < -0.3 is 0 Å². The lowest BCUT2D eigenvalue weighted by Crippen LogP contribution is -1.83. The number of benzene rings is 1. The van der Waals surface area contributed by atoms with Gasteiger partial charge in [0, 0.05) is 10.5 Å². The number of nitrogens with zero attached hydrogens (tertiary/aromatic N) is 1. The van der Waals surface area contributed by atoms with Crippen LogP contribution in [0.2, 0.25) is 0 Å². The molecule has 0 atom stereocenters. The topological polar surface area (TPSA) is 45.8 Å². The summed E-state index contributed by atoms with van der Waals surface area (Å²) in [6, 6.07) is 8.00. The van der Waals surface area contributed by atoms with E-state index in [1.54, 1.807) is 11.8 Å². The Kier molecular flexibility index (Phi) is 2.87. The first-order valence-electron chi connectivity index (χ1n) is 4.48. The maximum atomic E-state index is 10.7. The van der Waals surface area contributed by atoms with Crippen molar-refractivity contribution in [3.63, 3.8) is 0 Å². The van der Waals surface area contributed by atoms with E-state index in [-0.39, 0.29) is 0 Å². The SMILES string of the molecule is CSc1ccc(-c2[nH]ncc2C=O)cc1. The molecule has 2 rings (SSSR count). The van der Waals surface area contributed by atoms with Gasteiger partial charge in [-0.05, 0) is 18.4 Å². The molecule has 1 aromatic carbocycles. The molecular weight excluding hydrogens is 208 g/mol. The summed E-state index contributed by atoms with van der Waals surface area (Å²) in [6.45, 7) is 0. The highest BCUT2D eigenvalue weighted by Gasteiger charge is 2.05. The van der Waals surface area contributed by atoms with E-state index in [1.165, 1.54) is 11.1 Å². The van der Waals surface area contributed by atoms with Crippen LogP contribution in [-0.4, -0.2) is 22.7 Å². The van der Waals surface area contributed by atoms with Gasteiger partial charge in [0.15, 0.2) is 6.29 Å². The van der Waals surface area contributed by atoms with Crippen molar-refractivity contribution in [3.05, 3.63) is 36.0 Å². The number of aromatic amines is 1. The van der Waals surface area contributed by atoms with Crippen molar-refractivity contribution < 1.29 is 4.79 Å². The quantitative estimate of drug-likeness (QED) is 0.636. The number of hydrogen-bond acceptors (Lipinski definition) is 3. The summed E-state index contributed by atoms with van der Waals surface area (Å²) in [4.78, 5) is 11.9. The second-order valence-electron chi connectivity index (χ2n) is 3.05. The molecule has 0 aliphatic carbocycles. The van der Waals surface area contributed by atoms with Gasteiger partial charge >= 0.3 is 0 Å². The molecule has 0 amide bonds. The Balaban J connectivity index is 2.41. The van der Waals surface area contributed by atoms with Crippen LogP contribution in [0.4, 0.5) is 0 Å². The fourth-order valence-electron chi connectivity index (χ4n) is 1.37. The van der Waals surface area contributed by atoms with Crippen molar-refractivity contribution >= 4 is 18.0 Å². The van der Waals surface area contributed by atoms with Gasteiger partial charge in [-0.15, -0.1) is 11.8 Å². The fraction of sp³-hybridized carbons (Fsp3) is 0.0909. The molecule has 1 N–H and O–H groups in total. The summed E-state index contributed by atoms with van der Waals surface area (Å²) in [5.41, 5.74) is 2.34. The minimum Gasteiger partial charge on any atom is -0.298 e. The lowest BCUT2D eigenvalue weighted by molar-refractivity contribution is 0.112. The second kappa shape index (κ2) is 4.31. The van der Waals surface area contributed by atoms with Crippen LogP contribution in [0.25, 0.3) is 11.3 Å². The zero-order valence-corrected chi connectivity index (χ0v) is 9.04. The number of aromatic nitrogens is 2. The predicted octanol–water partition coefficient (Wildman–Crippen LogP) is 2.61. The van der Waals surface area contributed by atoms with Gasteiger partial charge in [0.05, 0.1) is 17.5 Å². The van der Waals surface area contributed by atoms with Crippen LogP contribution < -0.4 is 0 Å². The molecule has 3 nitrogen and oxygen atoms in total. The van der Waals surface area contributed by atoms with Crippen LogP contribution in [0.15, 0.2) is 35.4 Å². The summed E-state index contributed by atoms with van der Waals surface area (Å²) in [6.07, 6.45) is 4.37. The Hall–Kier alpha value is -1.55. The Labute approximate surface area is 91.9 Å². The molecule has 0 unspecified atom stereocenters. The Morgan fingerprint density at radius 3 is 2.67 bits per heavy atom. The Morgan fingerprint density at radius 2 is 2.07 bits per heavy atom. The maximum Gasteiger partial charge on any atom is 0.153 e. The van der Waals surface area contributed by atoms with Crippen LogP contribution >= 0.6 is 11.8 Å². The number of thioether (sulfide) groups is 1. The fourth-order valence-corrected chi connectivity index (χ4v) is 1.78. The molecule has 0 bridgehead atoms. The van der Waals surface area contributed by atoms with E-state index < -0.39 is 0 Å². The Bertz CT molecular complexity index is 462. The number of aldehydes is 1. The van der Waals surface area contributed by atoms with E-state index in [9.17, 15) is 4.79 Å². The van der Waals surface area contributed by atoms with Crippen molar-refractivity contribution in [2.75, 3.05) is 6.26 Å². The van der Waals surface area contributed by atoms with Crippen molar-refractivity contribution in [1.29, 1.82) is 0 Å². The van der Waals surface area contributed by atoms with Gasteiger partial charge in [-0.25, -0.2) is 0 Å². The van der Waals surface area contributed by atoms with Crippen molar-refractivity contribution in [3.8, 4) is 11.3 Å². The molecule has 1 aromatic heterocycles. The summed E-state index contributed by atoms with van der Waals surface area (Å²) < 4.78 is 0. The normalized spacial score (nSPS) is 10.2. The van der Waals surface area contributed by atoms with E-state index in [0.717, 1.165) is 17.5 Å². The molecule has 0 fully saturated rings. The van der Waals surface area contributed by atoms with E-state index in [1.807, 2.05) is 30.5 Å². The van der Waals surface area contributed by atoms with Crippen molar-refractivity contribution in [1.82, 2.24) is 10.2 Å². The zero-order chi connectivity index (χ0) is 10.7. The van der Waals surface area contributed by atoms with Crippen molar-refractivity contribution in [2.24, 2.45) is 0 Å². The smallest absolute Gasteiger partial charge is 0.153 e. The average Bonchev–Trinajstić information content (AvgIpc) is 2.77. The van der Waals surface area contributed by atoms with E-state index in [2.05, 4.69) is 10.2 Å².